The Kier molecular flexibility index (Phi) is 2.63. The van der Waals surface area contributed by atoms with Gasteiger partial charge in [0.15, 0.2) is 0 Å². The Morgan fingerprint density at radius 1 is 1.11 bits per heavy atom. The molecule has 1 heterocycles. The van der Waals surface area contributed by atoms with Gasteiger partial charge in [0, 0.05) is 4.47 Å². The van der Waals surface area contributed by atoms with Gasteiger partial charge in [-0.15, -0.1) is 0 Å². The number of aromatic amines is 1. The molecule has 90 valence electrons. The molecule has 0 amide bonds. The summed E-state index contributed by atoms with van der Waals surface area (Å²) in [6.07, 6.45) is 0. The van der Waals surface area contributed by atoms with Gasteiger partial charge in [-0.3, -0.25) is 0 Å². The van der Waals surface area contributed by atoms with Gasteiger partial charge in [0.2, 0.25) is 0 Å². The second-order valence-corrected chi connectivity index (χ2v) is 4.70. The third kappa shape index (κ3) is 1.80. The molecule has 0 atom stereocenters. The molecule has 2 nitrogen and oxygen atoms in total. The zero-order valence-corrected chi connectivity index (χ0v) is 10.6. The number of halogens is 3. The normalized spacial score (nSPS) is 11.1. The molecule has 5 heteroatoms. The lowest BCUT2D eigenvalue weighted by Gasteiger charge is -2.01. The number of imidazole rings is 1. The number of H-pyrrole nitrogens is 1. The van der Waals surface area contributed by atoms with Gasteiger partial charge in [-0.1, -0.05) is 6.07 Å². The fourth-order valence-electron chi connectivity index (χ4n) is 1.82. The molecular weight excluding hydrogens is 302 g/mol. The molecule has 0 aliphatic carbocycles. The van der Waals surface area contributed by atoms with Gasteiger partial charge in [0.25, 0.3) is 0 Å². The third-order valence-electron chi connectivity index (χ3n) is 2.64. The van der Waals surface area contributed by atoms with Crippen LogP contribution in [0.4, 0.5) is 8.78 Å². The van der Waals surface area contributed by atoms with Gasteiger partial charge < -0.3 is 4.98 Å². The zero-order chi connectivity index (χ0) is 12.7. The van der Waals surface area contributed by atoms with Crippen LogP contribution in [0, 0.1) is 11.6 Å². The highest BCUT2D eigenvalue weighted by Gasteiger charge is 2.13. The highest BCUT2D eigenvalue weighted by atomic mass is 79.9. The van der Waals surface area contributed by atoms with Crippen molar-refractivity contribution < 1.29 is 8.78 Å². The molecule has 0 aliphatic rings. The molecule has 1 aromatic heterocycles. The predicted octanol–water partition coefficient (Wildman–Crippen LogP) is 4.27. The van der Waals surface area contributed by atoms with Crippen molar-refractivity contribution in [2.75, 3.05) is 0 Å². The standard InChI is InChI=1S/C13H7BrF2N2/c14-8-2-1-3-9(16)12(8)13-17-10-5-4-7(15)6-11(10)18-13/h1-6H,(H,17,18). The fourth-order valence-corrected chi connectivity index (χ4v) is 2.35. The molecule has 0 bridgehead atoms. The van der Waals surface area contributed by atoms with E-state index in [4.69, 9.17) is 0 Å². The Labute approximate surface area is 110 Å². The van der Waals surface area contributed by atoms with Crippen molar-refractivity contribution in [3.8, 4) is 11.4 Å². The molecule has 3 rings (SSSR count). The SMILES string of the molecule is Fc1ccc2nc(-c3c(F)cccc3Br)[nH]c2c1. The van der Waals surface area contributed by atoms with E-state index in [1.165, 1.54) is 18.2 Å². The molecule has 1 N–H and O–H groups in total. The quantitative estimate of drug-likeness (QED) is 0.714. The number of benzene rings is 2. The molecule has 0 radical (unpaired) electrons. The molecule has 0 aliphatic heterocycles. The Morgan fingerprint density at radius 2 is 1.94 bits per heavy atom. The topological polar surface area (TPSA) is 28.7 Å². The summed E-state index contributed by atoms with van der Waals surface area (Å²) in [6, 6.07) is 8.90. The second kappa shape index (κ2) is 4.17. The molecule has 0 saturated carbocycles. The summed E-state index contributed by atoms with van der Waals surface area (Å²) in [4.78, 5) is 7.17. The smallest absolute Gasteiger partial charge is 0.142 e. The minimum absolute atomic E-state index is 0.342. The van der Waals surface area contributed by atoms with Gasteiger partial charge in [0.1, 0.15) is 17.5 Å². The van der Waals surface area contributed by atoms with Crippen molar-refractivity contribution in [2.45, 2.75) is 0 Å². The Hall–Kier alpha value is -1.75. The van der Waals surface area contributed by atoms with Gasteiger partial charge in [-0.05, 0) is 46.3 Å². The Morgan fingerprint density at radius 3 is 2.72 bits per heavy atom. The predicted molar refractivity (Wildman–Crippen MR) is 69.1 cm³/mol. The van der Waals surface area contributed by atoms with Crippen LogP contribution in [-0.4, -0.2) is 9.97 Å². The van der Waals surface area contributed by atoms with E-state index < -0.39 is 0 Å². The van der Waals surface area contributed by atoms with E-state index in [0.29, 0.717) is 26.9 Å². The van der Waals surface area contributed by atoms with Crippen LogP contribution in [-0.2, 0) is 0 Å². The summed E-state index contributed by atoms with van der Waals surface area (Å²) in [5.74, 6) is -0.366. The van der Waals surface area contributed by atoms with Crippen LogP contribution in [0.25, 0.3) is 22.4 Å². The Balaban J connectivity index is 2.26. The largest absolute Gasteiger partial charge is 0.338 e. The van der Waals surface area contributed by atoms with Crippen LogP contribution in [0.15, 0.2) is 40.9 Å². The van der Waals surface area contributed by atoms with Crippen LogP contribution >= 0.6 is 15.9 Å². The van der Waals surface area contributed by atoms with Crippen LogP contribution < -0.4 is 0 Å². The molecule has 3 aromatic rings. The lowest BCUT2D eigenvalue weighted by atomic mass is 10.2. The average molecular weight is 309 g/mol. The minimum atomic E-state index is -0.385. The van der Waals surface area contributed by atoms with E-state index in [1.54, 1.807) is 18.2 Å². The lowest BCUT2D eigenvalue weighted by Crippen LogP contribution is -1.87. The van der Waals surface area contributed by atoms with Gasteiger partial charge in [0.05, 0.1) is 16.6 Å². The molecule has 2 aromatic carbocycles. The first-order chi connectivity index (χ1) is 8.65. The first kappa shape index (κ1) is 11.3. The van der Waals surface area contributed by atoms with Gasteiger partial charge in [-0.2, -0.15) is 0 Å². The number of rotatable bonds is 1. The van der Waals surface area contributed by atoms with Crippen molar-refractivity contribution in [1.29, 1.82) is 0 Å². The fraction of sp³-hybridized carbons (Fsp3) is 0. The maximum atomic E-state index is 13.8. The molecular formula is C13H7BrF2N2. The molecule has 0 saturated heterocycles. The molecule has 18 heavy (non-hydrogen) atoms. The van der Waals surface area contributed by atoms with Crippen LogP contribution in [0.3, 0.4) is 0 Å². The summed E-state index contributed by atoms with van der Waals surface area (Å²) < 4.78 is 27.5. The first-order valence-corrected chi connectivity index (χ1v) is 6.04. The summed E-state index contributed by atoms with van der Waals surface area (Å²) in [5.41, 5.74) is 1.48. The monoisotopic (exact) mass is 308 g/mol. The van der Waals surface area contributed by atoms with Gasteiger partial charge >= 0.3 is 0 Å². The second-order valence-electron chi connectivity index (χ2n) is 3.84. The summed E-state index contributed by atoms with van der Waals surface area (Å²) >= 11 is 3.28. The number of nitrogens with zero attached hydrogens (tertiary/aromatic N) is 1. The lowest BCUT2D eigenvalue weighted by molar-refractivity contribution is 0.629. The van der Waals surface area contributed by atoms with E-state index in [1.807, 2.05) is 0 Å². The summed E-state index contributed by atoms with van der Waals surface area (Å²) in [6.45, 7) is 0. The zero-order valence-electron chi connectivity index (χ0n) is 9.05. The number of nitrogens with one attached hydrogen (secondary N) is 1. The number of fused-ring (bicyclic) bond motifs is 1. The van der Waals surface area contributed by atoms with Gasteiger partial charge in [-0.25, -0.2) is 13.8 Å². The minimum Gasteiger partial charge on any atom is -0.338 e. The van der Waals surface area contributed by atoms with E-state index in [9.17, 15) is 8.78 Å². The van der Waals surface area contributed by atoms with E-state index in [0.717, 1.165) is 0 Å². The first-order valence-electron chi connectivity index (χ1n) is 5.25. The van der Waals surface area contributed by atoms with Crippen LogP contribution in [0.5, 0.6) is 0 Å². The highest BCUT2D eigenvalue weighted by molar-refractivity contribution is 9.10. The van der Waals surface area contributed by atoms with Crippen LogP contribution in [0.1, 0.15) is 0 Å². The van der Waals surface area contributed by atoms with E-state index in [2.05, 4.69) is 25.9 Å². The van der Waals surface area contributed by atoms with Crippen molar-refractivity contribution >= 4 is 27.0 Å². The number of aromatic nitrogens is 2. The molecule has 0 unspecified atom stereocenters. The summed E-state index contributed by atoms with van der Waals surface area (Å²) in [7, 11) is 0. The average Bonchev–Trinajstić information content (AvgIpc) is 2.71. The van der Waals surface area contributed by atoms with Crippen molar-refractivity contribution in [3.05, 3.63) is 52.5 Å². The van der Waals surface area contributed by atoms with E-state index >= 15 is 0 Å². The third-order valence-corrected chi connectivity index (χ3v) is 3.30. The molecule has 0 spiro atoms. The summed E-state index contributed by atoms with van der Waals surface area (Å²) in [5, 5.41) is 0. The van der Waals surface area contributed by atoms with Crippen molar-refractivity contribution in [1.82, 2.24) is 9.97 Å². The highest BCUT2D eigenvalue weighted by Crippen LogP contribution is 2.30. The van der Waals surface area contributed by atoms with Crippen molar-refractivity contribution in [3.63, 3.8) is 0 Å². The number of hydrogen-bond acceptors (Lipinski definition) is 1. The van der Waals surface area contributed by atoms with Crippen LogP contribution in [0.2, 0.25) is 0 Å². The van der Waals surface area contributed by atoms with Crippen molar-refractivity contribution in [2.24, 2.45) is 0 Å². The Bertz CT molecular complexity index is 717. The maximum Gasteiger partial charge on any atom is 0.142 e. The van der Waals surface area contributed by atoms with E-state index in [-0.39, 0.29) is 11.6 Å². The number of hydrogen-bond donors (Lipinski definition) is 1. The molecule has 0 fully saturated rings. The maximum absolute atomic E-state index is 13.8.